The molecule has 0 spiro atoms. The molecule has 3 nitrogen and oxygen atoms in total. The standard InChI is InChI=1S/C12H11NO2/c1-2-12(14)15-8-9-7-13-11-6-4-3-5-10(9)11/h2-7,13H,1,8H2. The van der Waals surface area contributed by atoms with E-state index in [9.17, 15) is 4.79 Å². The third-order valence-electron chi connectivity index (χ3n) is 2.21. The van der Waals surface area contributed by atoms with Crippen molar-refractivity contribution in [3.63, 3.8) is 0 Å². The van der Waals surface area contributed by atoms with Gasteiger partial charge in [0.05, 0.1) is 0 Å². The lowest BCUT2D eigenvalue weighted by Crippen LogP contribution is -1.99. The van der Waals surface area contributed by atoms with Crippen LogP contribution in [0.15, 0.2) is 43.1 Å². The van der Waals surface area contributed by atoms with E-state index in [-0.39, 0.29) is 6.61 Å². The van der Waals surface area contributed by atoms with E-state index in [0.717, 1.165) is 22.5 Å². The van der Waals surface area contributed by atoms with E-state index < -0.39 is 5.97 Å². The summed E-state index contributed by atoms with van der Waals surface area (Å²) in [5.41, 5.74) is 2.02. The highest BCUT2D eigenvalue weighted by molar-refractivity contribution is 5.84. The van der Waals surface area contributed by atoms with Gasteiger partial charge in [-0.1, -0.05) is 24.8 Å². The van der Waals surface area contributed by atoms with Crippen LogP contribution >= 0.6 is 0 Å². The Morgan fingerprint density at radius 3 is 3.07 bits per heavy atom. The summed E-state index contributed by atoms with van der Waals surface area (Å²) in [4.78, 5) is 14.0. The van der Waals surface area contributed by atoms with Crippen molar-refractivity contribution in [1.82, 2.24) is 4.98 Å². The van der Waals surface area contributed by atoms with E-state index in [1.807, 2.05) is 30.5 Å². The Bertz CT molecular complexity index is 499. The number of ether oxygens (including phenoxy) is 1. The normalized spacial score (nSPS) is 10.1. The Kier molecular flexibility index (Phi) is 2.54. The van der Waals surface area contributed by atoms with Crippen LogP contribution in [-0.4, -0.2) is 11.0 Å². The summed E-state index contributed by atoms with van der Waals surface area (Å²) in [6.07, 6.45) is 3.01. The SMILES string of the molecule is C=CC(=O)OCc1c[nH]c2ccccc12. The lowest BCUT2D eigenvalue weighted by molar-refractivity contribution is -0.138. The molecule has 2 aromatic rings. The molecule has 0 aliphatic heterocycles. The van der Waals surface area contributed by atoms with Crippen LogP contribution in [0.25, 0.3) is 10.9 Å². The fourth-order valence-electron chi connectivity index (χ4n) is 1.46. The molecule has 0 unspecified atom stereocenters. The van der Waals surface area contributed by atoms with Gasteiger partial charge in [0, 0.05) is 28.7 Å². The second kappa shape index (κ2) is 4.00. The molecular formula is C12H11NO2. The van der Waals surface area contributed by atoms with Crippen molar-refractivity contribution in [1.29, 1.82) is 0 Å². The fraction of sp³-hybridized carbons (Fsp3) is 0.0833. The molecule has 1 heterocycles. The minimum absolute atomic E-state index is 0.273. The van der Waals surface area contributed by atoms with Gasteiger partial charge in [-0.05, 0) is 6.07 Å². The van der Waals surface area contributed by atoms with Crippen molar-refractivity contribution in [2.75, 3.05) is 0 Å². The number of fused-ring (bicyclic) bond motifs is 1. The Labute approximate surface area is 87.4 Å². The molecule has 1 aromatic carbocycles. The van der Waals surface area contributed by atoms with Crippen LogP contribution in [0.3, 0.4) is 0 Å². The molecule has 15 heavy (non-hydrogen) atoms. The summed E-state index contributed by atoms with van der Waals surface area (Å²) in [6, 6.07) is 7.88. The minimum Gasteiger partial charge on any atom is -0.458 e. The Hall–Kier alpha value is -2.03. The number of aromatic amines is 1. The molecule has 1 aromatic heterocycles. The van der Waals surface area contributed by atoms with E-state index in [1.54, 1.807) is 0 Å². The van der Waals surface area contributed by atoms with Crippen molar-refractivity contribution in [3.8, 4) is 0 Å². The predicted molar refractivity (Wildman–Crippen MR) is 58.3 cm³/mol. The van der Waals surface area contributed by atoms with E-state index in [2.05, 4.69) is 11.6 Å². The molecule has 0 atom stereocenters. The number of carbonyl (C=O) groups excluding carboxylic acids is 1. The molecular weight excluding hydrogens is 190 g/mol. The zero-order chi connectivity index (χ0) is 10.7. The zero-order valence-electron chi connectivity index (χ0n) is 8.19. The van der Waals surface area contributed by atoms with Crippen LogP contribution in [0.4, 0.5) is 0 Å². The molecule has 2 rings (SSSR count). The van der Waals surface area contributed by atoms with Gasteiger partial charge in [-0.15, -0.1) is 0 Å². The number of para-hydroxylation sites is 1. The number of rotatable bonds is 3. The van der Waals surface area contributed by atoms with Gasteiger partial charge in [0.25, 0.3) is 0 Å². The number of H-pyrrole nitrogens is 1. The summed E-state index contributed by atoms with van der Waals surface area (Å²) in [7, 11) is 0. The van der Waals surface area contributed by atoms with Gasteiger partial charge in [0.15, 0.2) is 0 Å². The van der Waals surface area contributed by atoms with Crippen molar-refractivity contribution in [2.24, 2.45) is 0 Å². The first-order chi connectivity index (χ1) is 7.31. The van der Waals surface area contributed by atoms with Crippen LogP contribution in [0.5, 0.6) is 0 Å². The maximum atomic E-state index is 10.9. The van der Waals surface area contributed by atoms with Crippen molar-refractivity contribution >= 4 is 16.9 Å². The van der Waals surface area contributed by atoms with Gasteiger partial charge in [0.2, 0.25) is 0 Å². The first-order valence-corrected chi connectivity index (χ1v) is 4.65. The van der Waals surface area contributed by atoms with E-state index in [1.165, 1.54) is 0 Å². The van der Waals surface area contributed by atoms with Crippen molar-refractivity contribution in [2.45, 2.75) is 6.61 Å². The summed E-state index contributed by atoms with van der Waals surface area (Å²) < 4.78 is 4.97. The van der Waals surface area contributed by atoms with Gasteiger partial charge in [-0.2, -0.15) is 0 Å². The molecule has 0 amide bonds. The van der Waals surface area contributed by atoms with Gasteiger partial charge < -0.3 is 9.72 Å². The molecule has 1 N–H and O–H groups in total. The Morgan fingerprint density at radius 2 is 2.27 bits per heavy atom. The molecule has 0 bridgehead atoms. The molecule has 0 saturated carbocycles. The number of aromatic nitrogens is 1. The highest BCUT2D eigenvalue weighted by Gasteiger charge is 2.04. The number of esters is 1. The summed E-state index contributed by atoms with van der Waals surface area (Å²) >= 11 is 0. The monoisotopic (exact) mass is 201 g/mol. The topological polar surface area (TPSA) is 42.1 Å². The van der Waals surface area contributed by atoms with Gasteiger partial charge in [-0.3, -0.25) is 0 Å². The Balaban J connectivity index is 2.21. The molecule has 76 valence electrons. The predicted octanol–water partition coefficient (Wildman–Crippen LogP) is 2.40. The molecule has 0 aliphatic carbocycles. The molecule has 0 saturated heterocycles. The smallest absolute Gasteiger partial charge is 0.330 e. The lowest BCUT2D eigenvalue weighted by atomic mass is 10.2. The molecule has 0 radical (unpaired) electrons. The third-order valence-corrected chi connectivity index (χ3v) is 2.21. The molecule has 0 aliphatic rings. The van der Waals surface area contributed by atoms with Gasteiger partial charge in [-0.25, -0.2) is 4.79 Å². The second-order valence-corrected chi connectivity index (χ2v) is 3.17. The summed E-state index contributed by atoms with van der Waals surface area (Å²) in [5, 5.41) is 1.08. The average Bonchev–Trinajstić information content (AvgIpc) is 2.69. The van der Waals surface area contributed by atoms with Gasteiger partial charge in [0.1, 0.15) is 6.61 Å². The van der Waals surface area contributed by atoms with Crippen molar-refractivity contribution < 1.29 is 9.53 Å². The van der Waals surface area contributed by atoms with E-state index >= 15 is 0 Å². The van der Waals surface area contributed by atoms with E-state index in [4.69, 9.17) is 4.74 Å². The molecule has 3 heteroatoms. The number of carbonyl (C=O) groups is 1. The summed E-state index contributed by atoms with van der Waals surface area (Å²) in [6.45, 7) is 3.61. The first kappa shape index (κ1) is 9.52. The van der Waals surface area contributed by atoms with Crippen LogP contribution in [0, 0.1) is 0 Å². The third kappa shape index (κ3) is 1.91. The largest absolute Gasteiger partial charge is 0.458 e. The average molecular weight is 201 g/mol. The minimum atomic E-state index is -0.403. The number of nitrogens with one attached hydrogen (secondary N) is 1. The quantitative estimate of drug-likeness (QED) is 0.612. The fourth-order valence-corrected chi connectivity index (χ4v) is 1.46. The first-order valence-electron chi connectivity index (χ1n) is 4.65. The highest BCUT2D eigenvalue weighted by atomic mass is 16.5. The second-order valence-electron chi connectivity index (χ2n) is 3.17. The summed E-state index contributed by atoms with van der Waals surface area (Å²) in [5.74, 6) is -0.403. The van der Waals surface area contributed by atoms with Crippen molar-refractivity contribution in [3.05, 3.63) is 48.7 Å². The molecule has 0 fully saturated rings. The van der Waals surface area contributed by atoms with Gasteiger partial charge >= 0.3 is 5.97 Å². The number of hydrogen-bond donors (Lipinski definition) is 1. The van der Waals surface area contributed by atoms with Crippen LogP contribution in [0.2, 0.25) is 0 Å². The van der Waals surface area contributed by atoms with Crippen LogP contribution in [-0.2, 0) is 16.1 Å². The van der Waals surface area contributed by atoms with Crippen LogP contribution in [0.1, 0.15) is 5.56 Å². The van der Waals surface area contributed by atoms with Crippen LogP contribution < -0.4 is 0 Å². The zero-order valence-corrected chi connectivity index (χ0v) is 8.19. The highest BCUT2D eigenvalue weighted by Crippen LogP contribution is 2.18. The maximum absolute atomic E-state index is 10.9. The maximum Gasteiger partial charge on any atom is 0.330 e. The lowest BCUT2D eigenvalue weighted by Gasteiger charge is -1.99. The number of hydrogen-bond acceptors (Lipinski definition) is 2. The Morgan fingerprint density at radius 1 is 1.47 bits per heavy atom. The number of benzene rings is 1. The van der Waals surface area contributed by atoms with E-state index in [0.29, 0.717) is 0 Å².